The zero-order valence-corrected chi connectivity index (χ0v) is 9.09. The quantitative estimate of drug-likeness (QED) is 0.647. The van der Waals surface area contributed by atoms with Crippen LogP contribution in [0.1, 0.15) is 19.3 Å². The van der Waals surface area contributed by atoms with E-state index in [0.29, 0.717) is 0 Å². The van der Waals surface area contributed by atoms with Crippen molar-refractivity contribution >= 4 is 20.6 Å². The minimum Gasteiger partial charge on any atom is -0.386 e. The first-order chi connectivity index (χ1) is 6.28. The fraction of sp³-hybridized carbons (Fsp3) is 0.889. The molecule has 0 aromatic rings. The summed E-state index contributed by atoms with van der Waals surface area (Å²) in [6.45, 7) is 3.59. The first kappa shape index (κ1) is 8.24. The lowest BCUT2D eigenvalue weighted by molar-refractivity contribution is -0.136. The van der Waals surface area contributed by atoms with Crippen LogP contribution in [0.2, 0.25) is 0 Å². The zero-order valence-electron chi connectivity index (χ0n) is 7.50. The van der Waals surface area contributed by atoms with E-state index in [1.54, 1.807) is 0 Å². The van der Waals surface area contributed by atoms with E-state index in [4.69, 9.17) is 4.84 Å². The summed E-state index contributed by atoms with van der Waals surface area (Å²) in [6.07, 6.45) is 3.56. The van der Waals surface area contributed by atoms with Crippen molar-refractivity contribution < 1.29 is 4.84 Å². The van der Waals surface area contributed by atoms with Crippen LogP contribution >= 0.6 is 15.9 Å². The lowest BCUT2D eigenvalue weighted by atomic mass is 9.74. The molecule has 13 heavy (non-hydrogen) atoms. The summed E-state index contributed by atoms with van der Waals surface area (Å²) >= 11 is 3.43. The third-order valence-corrected chi connectivity index (χ3v) is 4.02. The zero-order chi connectivity index (χ0) is 8.89. The van der Waals surface area contributed by atoms with Crippen LogP contribution in [0.3, 0.4) is 0 Å². The third kappa shape index (κ3) is 1.15. The van der Waals surface area contributed by atoms with Crippen molar-refractivity contribution in [1.29, 1.82) is 0 Å². The number of piperidine rings is 3. The van der Waals surface area contributed by atoms with Crippen LogP contribution in [0.5, 0.6) is 0 Å². The molecule has 0 radical (unpaired) electrons. The summed E-state index contributed by atoms with van der Waals surface area (Å²) in [5.74, 6) is 0.733. The van der Waals surface area contributed by atoms with Gasteiger partial charge in [-0.25, -0.2) is 0 Å². The van der Waals surface area contributed by atoms with E-state index in [1.807, 2.05) is 0 Å². The molecule has 1 unspecified atom stereocenters. The Morgan fingerprint density at radius 3 is 2.69 bits per heavy atom. The Balaban J connectivity index is 1.85. The van der Waals surface area contributed by atoms with E-state index in [-0.39, 0.29) is 5.60 Å². The highest BCUT2D eigenvalue weighted by Gasteiger charge is 2.51. The highest BCUT2D eigenvalue weighted by molar-refractivity contribution is 9.18. The summed E-state index contributed by atoms with van der Waals surface area (Å²) in [6, 6.07) is 0. The van der Waals surface area contributed by atoms with Crippen molar-refractivity contribution in [3.05, 3.63) is 0 Å². The van der Waals surface area contributed by atoms with Crippen LogP contribution in [-0.4, -0.2) is 34.8 Å². The Bertz CT molecular complexity index is 260. The molecule has 0 aromatic heterocycles. The summed E-state index contributed by atoms with van der Waals surface area (Å²) in [5.41, 5.74) is 0.0370. The number of hydrogen-bond donors (Lipinski definition) is 0. The van der Waals surface area contributed by atoms with Gasteiger partial charge in [0.15, 0.2) is 5.60 Å². The van der Waals surface area contributed by atoms with Crippen LogP contribution in [0.15, 0.2) is 5.16 Å². The van der Waals surface area contributed by atoms with Gasteiger partial charge in [0.05, 0.1) is 0 Å². The number of fused-ring (bicyclic) bond motifs is 2. The van der Waals surface area contributed by atoms with Crippen molar-refractivity contribution in [3.63, 3.8) is 0 Å². The topological polar surface area (TPSA) is 24.8 Å². The molecule has 4 rings (SSSR count). The van der Waals surface area contributed by atoms with Gasteiger partial charge < -0.3 is 4.84 Å². The molecule has 3 saturated heterocycles. The molecule has 0 N–H and O–H groups in total. The molecule has 0 saturated carbocycles. The predicted octanol–water partition coefficient (Wildman–Crippen LogP) is 1.58. The third-order valence-electron chi connectivity index (χ3n) is 3.59. The molecule has 3 fully saturated rings. The van der Waals surface area contributed by atoms with Crippen LogP contribution in [0.4, 0.5) is 0 Å². The minimum atomic E-state index is 0.0370. The second-order valence-corrected chi connectivity index (χ2v) is 5.27. The SMILES string of the molecule is BrC1=NOC2(C1)CN1CCC2CC1. The summed E-state index contributed by atoms with van der Waals surface area (Å²) in [5, 5.41) is 4.04. The van der Waals surface area contributed by atoms with Gasteiger partial charge in [-0.05, 0) is 41.9 Å². The van der Waals surface area contributed by atoms with E-state index < -0.39 is 0 Å². The molecule has 2 bridgehead atoms. The predicted molar refractivity (Wildman–Crippen MR) is 54.0 cm³/mol. The van der Waals surface area contributed by atoms with E-state index in [2.05, 4.69) is 26.0 Å². The highest BCUT2D eigenvalue weighted by atomic mass is 79.9. The number of nitrogens with zero attached hydrogens (tertiary/aromatic N) is 2. The van der Waals surface area contributed by atoms with Crippen LogP contribution < -0.4 is 0 Å². The van der Waals surface area contributed by atoms with Crippen LogP contribution in [0, 0.1) is 5.92 Å². The Kier molecular flexibility index (Phi) is 1.71. The van der Waals surface area contributed by atoms with Gasteiger partial charge in [0.25, 0.3) is 0 Å². The van der Waals surface area contributed by atoms with Crippen molar-refractivity contribution in [2.45, 2.75) is 24.9 Å². The van der Waals surface area contributed by atoms with Gasteiger partial charge in [0, 0.05) is 18.9 Å². The molecule has 4 heteroatoms. The molecule has 0 aliphatic carbocycles. The van der Waals surface area contributed by atoms with Gasteiger partial charge in [-0.1, -0.05) is 5.16 Å². The van der Waals surface area contributed by atoms with Gasteiger partial charge >= 0.3 is 0 Å². The van der Waals surface area contributed by atoms with E-state index in [1.165, 1.54) is 25.9 Å². The Labute approximate surface area is 86.2 Å². The fourth-order valence-electron chi connectivity index (χ4n) is 2.88. The lowest BCUT2D eigenvalue weighted by Crippen LogP contribution is -2.59. The lowest BCUT2D eigenvalue weighted by Gasteiger charge is -2.49. The van der Waals surface area contributed by atoms with Crippen LogP contribution in [0.25, 0.3) is 0 Å². The monoisotopic (exact) mass is 244 g/mol. The molecule has 4 aliphatic heterocycles. The maximum Gasteiger partial charge on any atom is 0.159 e. The molecule has 0 amide bonds. The second kappa shape index (κ2) is 2.70. The summed E-state index contributed by atoms with van der Waals surface area (Å²) < 4.78 is 0.987. The first-order valence-corrected chi connectivity index (χ1v) is 5.71. The van der Waals surface area contributed by atoms with Crippen molar-refractivity contribution in [2.75, 3.05) is 19.6 Å². The van der Waals surface area contributed by atoms with Crippen LogP contribution in [-0.2, 0) is 4.84 Å². The maximum absolute atomic E-state index is 5.63. The maximum atomic E-state index is 5.63. The average molecular weight is 245 g/mol. The smallest absolute Gasteiger partial charge is 0.159 e. The number of oxime groups is 1. The highest BCUT2D eigenvalue weighted by Crippen LogP contribution is 2.43. The van der Waals surface area contributed by atoms with Gasteiger partial charge in [0.2, 0.25) is 0 Å². The Morgan fingerprint density at radius 2 is 2.23 bits per heavy atom. The van der Waals surface area contributed by atoms with E-state index in [9.17, 15) is 0 Å². The largest absolute Gasteiger partial charge is 0.386 e. The second-order valence-electron chi connectivity index (χ2n) is 4.35. The van der Waals surface area contributed by atoms with Gasteiger partial charge in [0.1, 0.15) is 4.62 Å². The normalized spacial score (nSPS) is 47.9. The number of rotatable bonds is 0. The number of halogens is 1. The van der Waals surface area contributed by atoms with Gasteiger partial charge in [-0.2, -0.15) is 0 Å². The van der Waals surface area contributed by atoms with Gasteiger partial charge in [-0.15, -0.1) is 0 Å². The molecule has 1 atom stereocenters. The van der Waals surface area contributed by atoms with Crippen molar-refractivity contribution in [1.82, 2.24) is 4.90 Å². The van der Waals surface area contributed by atoms with E-state index >= 15 is 0 Å². The average Bonchev–Trinajstić information content (AvgIpc) is 2.49. The van der Waals surface area contributed by atoms with E-state index in [0.717, 1.165) is 23.5 Å². The number of hydrogen-bond acceptors (Lipinski definition) is 3. The molecule has 0 aromatic carbocycles. The minimum absolute atomic E-state index is 0.0370. The summed E-state index contributed by atoms with van der Waals surface area (Å²) in [4.78, 5) is 8.13. The molecular weight excluding hydrogens is 232 g/mol. The Morgan fingerprint density at radius 1 is 1.46 bits per heavy atom. The first-order valence-electron chi connectivity index (χ1n) is 4.91. The fourth-order valence-corrected chi connectivity index (χ4v) is 3.43. The molecule has 4 heterocycles. The standard InChI is InChI=1S/C9H13BrN2O/c10-8-5-9(13-11-8)6-12-3-1-7(9)2-4-12/h7H,1-6H2. The molecule has 3 nitrogen and oxygen atoms in total. The molecule has 72 valence electrons. The summed E-state index contributed by atoms with van der Waals surface area (Å²) in [7, 11) is 0. The molecule has 1 spiro atoms. The van der Waals surface area contributed by atoms with Crippen molar-refractivity contribution in [3.8, 4) is 0 Å². The molecular formula is C9H13BrN2O. The molecule has 4 aliphatic rings. The van der Waals surface area contributed by atoms with Gasteiger partial charge in [-0.3, -0.25) is 4.90 Å². The van der Waals surface area contributed by atoms with Crippen molar-refractivity contribution in [2.24, 2.45) is 11.1 Å². The Hall–Kier alpha value is -0.0900.